The Hall–Kier alpha value is -3.01. The van der Waals surface area contributed by atoms with Crippen LogP contribution in [0.5, 0.6) is 0 Å². The third-order valence-corrected chi connectivity index (χ3v) is 7.02. The van der Waals surface area contributed by atoms with Crippen molar-refractivity contribution in [1.29, 1.82) is 0 Å². The van der Waals surface area contributed by atoms with E-state index in [1.54, 1.807) is 6.20 Å². The lowest BCUT2D eigenvalue weighted by Crippen LogP contribution is -2.47. The fourth-order valence-electron chi connectivity index (χ4n) is 4.25. The maximum atomic E-state index is 12.7. The number of nitrogens with one attached hydrogen (secondary N) is 2. The van der Waals surface area contributed by atoms with Gasteiger partial charge in [-0.2, -0.15) is 0 Å². The summed E-state index contributed by atoms with van der Waals surface area (Å²) in [5, 5.41) is 3.80. The smallest absolute Gasteiger partial charge is 0.251 e. The van der Waals surface area contributed by atoms with Gasteiger partial charge in [0.05, 0.1) is 6.20 Å². The predicted molar refractivity (Wildman–Crippen MR) is 142 cm³/mol. The Bertz CT molecular complexity index is 1300. The SMILES string of the molecule is O=C(NCCCN1CCN(c2cccc(Cl)c2)CC1)c1ccc(-c2nc3ncncc3[nH]2)c(Br)c1. The Balaban J connectivity index is 1.08. The molecule has 0 saturated carbocycles. The second-order valence-electron chi connectivity index (χ2n) is 8.46. The van der Waals surface area contributed by atoms with Crippen LogP contribution >= 0.6 is 27.5 Å². The van der Waals surface area contributed by atoms with Gasteiger partial charge in [0.2, 0.25) is 0 Å². The average Bonchev–Trinajstić information content (AvgIpc) is 3.31. The van der Waals surface area contributed by atoms with Crippen LogP contribution in [0.1, 0.15) is 16.8 Å². The van der Waals surface area contributed by atoms with Crippen molar-refractivity contribution in [3.8, 4) is 11.4 Å². The van der Waals surface area contributed by atoms with Gasteiger partial charge in [-0.25, -0.2) is 15.0 Å². The van der Waals surface area contributed by atoms with Crippen molar-refractivity contribution in [3.05, 3.63) is 70.0 Å². The topological polar surface area (TPSA) is 90.0 Å². The first kappa shape index (κ1) is 23.7. The van der Waals surface area contributed by atoms with E-state index in [0.29, 0.717) is 23.6 Å². The maximum Gasteiger partial charge on any atom is 0.251 e. The molecule has 1 amide bonds. The number of amides is 1. The number of imidazole rings is 1. The Morgan fingerprint density at radius 1 is 1.14 bits per heavy atom. The minimum absolute atomic E-state index is 0.0847. The molecule has 0 aliphatic carbocycles. The minimum Gasteiger partial charge on any atom is -0.369 e. The number of carbonyl (C=O) groups excluding carboxylic acids is 1. The standard InChI is InChI=1S/C25H25BrClN7O/c26-21-13-17(5-6-20(21)23-31-22-15-28-16-30-24(22)32-23)25(35)29-7-2-8-33-9-11-34(12-10-33)19-4-1-3-18(27)14-19/h1,3-6,13-16H,2,7-12H2,(H,29,35)(H,28,30,31,32). The predicted octanol–water partition coefficient (Wildman–Crippen LogP) is 4.38. The van der Waals surface area contributed by atoms with Crippen molar-refractivity contribution in [3.63, 3.8) is 0 Å². The summed E-state index contributed by atoms with van der Waals surface area (Å²) in [6, 6.07) is 13.5. The molecule has 3 heterocycles. The van der Waals surface area contributed by atoms with Gasteiger partial charge in [0.15, 0.2) is 5.65 Å². The molecule has 4 aromatic rings. The van der Waals surface area contributed by atoms with E-state index in [-0.39, 0.29) is 5.91 Å². The number of aromatic nitrogens is 4. The van der Waals surface area contributed by atoms with Crippen LogP contribution in [-0.2, 0) is 0 Å². The molecule has 0 spiro atoms. The molecule has 2 N–H and O–H groups in total. The van der Waals surface area contributed by atoms with Crippen LogP contribution in [0, 0.1) is 0 Å². The van der Waals surface area contributed by atoms with Crippen LogP contribution in [0.2, 0.25) is 5.02 Å². The third kappa shape index (κ3) is 5.63. The van der Waals surface area contributed by atoms with Crippen LogP contribution in [0.3, 0.4) is 0 Å². The molecule has 35 heavy (non-hydrogen) atoms. The molecule has 1 fully saturated rings. The van der Waals surface area contributed by atoms with Gasteiger partial charge >= 0.3 is 0 Å². The molecule has 180 valence electrons. The summed E-state index contributed by atoms with van der Waals surface area (Å²) in [5.41, 5.74) is 4.01. The number of piperazine rings is 1. The number of anilines is 1. The molecule has 1 aliphatic rings. The third-order valence-electron chi connectivity index (χ3n) is 6.13. The van der Waals surface area contributed by atoms with E-state index in [0.717, 1.165) is 59.7 Å². The van der Waals surface area contributed by atoms with Gasteiger partial charge in [0.1, 0.15) is 17.7 Å². The number of nitrogens with zero attached hydrogens (tertiary/aromatic N) is 5. The van der Waals surface area contributed by atoms with Crippen molar-refractivity contribution < 1.29 is 4.79 Å². The molecule has 1 aliphatic heterocycles. The molecule has 0 bridgehead atoms. The van der Waals surface area contributed by atoms with E-state index in [1.165, 1.54) is 12.0 Å². The molecule has 5 rings (SSSR count). The molecule has 0 unspecified atom stereocenters. The fraction of sp³-hybridized carbons (Fsp3) is 0.280. The molecule has 10 heteroatoms. The van der Waals surface area contributed by atoms with Crippen LogP contribution in [0.15, 0.2) is 59.5 Å². The van der Waals surface area contributed by atoms with E-state index in [1.807, 2.05) is 36.4 Å². The normalized spacial score (nSPS) is 14.4. The van der Waals surface area contributed by atoms with Gasteiger partial charge in [-0.3, -0.25) is 9.69 Å². The summed E-state index contributed by atoms with van der Waals surface area (Å²) in [5.74, 6) is 0.591. The highest BCUT2D eigenvalue weighted by atomic mass is 79.9. The van der Waals surface area contributed by atoms with Gasteiger partial charge in [-0.1, -0.05) is 33.6 Å². The highest BCUT2D eigenvalue weighted by Crippen LogP contribution is 2.28. The lowest BCUT2D eigenvalue weighted by molar-refractivity contribution is 0.0951. The summed E-state index contributed by atoms with van der Waals surface area (Å²) in [6.45, 7) is 5.55. The number of aromatic amines is 1. The van der Waals surface area contributed by atoms with E-state index in [9.17, 15) is 4.79 Å². The molecular formula is C25H25BrClN7O. The first-order valence-corrected chi connectivity index (χ1v) is 12.7. The molecule has 0 radical (unpaired) electrons. The summed E-state index contributed by atoms with van der Waals surface area (Å²) in [6.07, 6.45) is 4.06. The molecular weight excluding hydrogens is 530 g/mol. The zero-order valence-electron chi connectivity index (χ0n) is 19.0. The average molecular weight is 555 g/mol. The summed E-state index contributed by atoms with van der Waals surface area (Å²) in [7, 11) is 0. The Labute approximate surface area is 216 Å². The second-order valence-corrected chi connectivity index (χ2v) is 9.75. The van der Waals surface area contributed by atoms with Crippen LogP contribution in [-0.4, -0.2) is 70.0 Å². The Morgan fingerprint density at radius 3 is 2.77 bits per heavy atom. The Morgan fingerprint density at radius 2 is 2.00 bits per heavy atom. The number of hydrogen-bond acceptors (Lipinski definition) is 6. The second kappa shape index (κ2) is 10.7. The van der Waals surface area contributed by atoms with Crippen LogP contribution < -0.4 is 10.2 Å². The molecule has 2 aromatic heterocycles. The monoisotopic (exact) mass is 553 g/mol. The quantitative estimate of drug-likeness (QED) is 0.330. The zero-order valence-corrected chi connectivity index (χ0v) is 21.4. The maximum absolute atomic E-state index is 12.7. The molecule has 1 saturated heterocycles. The van der Waals surface area contributed by atoms with Gasteiger partial charge in [0, 0.05) is 59.0 Å². The highest BCUT2D eigenvalue weighted by molar-refractivity contribution is 9.10. The minimum atomic E-state index is -0.0847. The van der Waals surface area contributed by atoms with E-state index in [2.05, 4.69) is 57.0 Å². The number of H-pyrrole nitrogens is 1. The summed E-state index contributed by atoms with van der Waals surface area (Å²) >= 11 is 9.70. The molecule has 8 nitrogen and oxygen atoms in total. The zero-order chi connectivity index (χ0) is 24.2. The van der Waals surface area contributed by atoms with E-state index in [4.69, 9.17) is 11.6 Å². The van der Waals surface area contributed by atoms with Crippen molar-refractivity contribution in [2.75, 3.05) is 44.2 Å². The lowest BCUT2D eigenvalue weighted by Gasteiger charge is -2.36. The van der Waals surface area contributed by atoms with Crippen molar-refractivity contribution in [1.82, 2.24) is 30.2 Å². The van der Waals surface area contributed by atoms with Crippen molar-refractivity contribution >= 4 is 50.3 Å². The largest absolute Gasteiger partial charge is 0.369 e. The van der Waals surface area contributed by atoms with Crippen LogP contribution in [0.4, 0.5) is 5.69 Å². The van der Waals surface area contributed by atoms with Gasteiger partial charge in [-0.05, 0) is 49.4 Å². The summed E-state index contributed by atoms with van der Waals surface area (Å²) in [4.78, 5) is 33.3. The number of carbonyl (C=O) groups is 1. The lowest BCUT2D eigenvalue weighted by atomic mass is 10.1. The first-order chi connectivity index (χ1) is 17.1. The first-order valence-electron chi connectivity index (χ1n) is 11.5. The summed E-state index contributed by atoms with van der Waals surface area (Å²) < 4.78 is 0.787. The van der Waals surface area contributed by atoms with E-state index >= 15 is 0 Å². The number of fused-ring (bicyclic) bond motifs is 1. The molecule has 2 aromatic carbocycles. The number of hydrogen-bond donors (Lipinski definition) is 2. The fourth-order valence-corrected chi connectivity index (χ4v) is 5.00. The number of rotatable bonds is 7. The molecule has 0 atom stereocenters. The van der Waals surface area contributed by atoms with E-state index < -0.39 is 0 Å². The number of halogens is 2. The van der Waals surface area contributed by atoms with Gasteiger partial charge in [0.25, 0.3) is 5.91 Å². The van der Waals surface area contributed by atoms with Crippen molar-refractivity contribution in [2.24, 2.45) is 0 Å². The highest BCUT2D eigenvalue weighted by Gasteiger charge is 2.17. The van der Waals surface area contributed by atoms with Gasteiger partial charge in [-0.15, -0.1) is 0 Å². The van der Waals surface area contributed by atoms with Crippen molar-refractivity contribution in [2.45, 2.75) is 6.42 Å². The van der Waals surface area contributed by atoms with Gasteiger partial charge < -0.3 is 15.2 Å². The number of benzene rings is 2. The van der Waals surface area contributed by atoms with Crippen LogP contribution in [0.25, 0.3) is 22.6 Å². The Kier molecular flexibility index (Phi) is 7.26.